The van der Waals surface area contributed by atoms with E-state index in [1.807, 2.05) is 31.2 Å². The topological polar surface area (TPSA) is 111 Å². The van der Waals surface area contributed by atoms with Crippen LogP contribution < -0.4 is 16.2 Å². The van der Waals surface area contributed by atoms with E-state index in [0.717, 1.165) is 15.8 Å². The van der Waals surface area contributed by atoms with Gasteiger partial charge in [-0.3, -0.25) is 19.5 Å². The van der Waals surface area contributed by atoms with E-state index >= 15 is 0 Å². The van der Waals surface area contributed by atoms with E-state index in [4.69, 9.17) is 0 Å². The van der Waals surface area contributed by atoms with Gasteiger partial charge in [0.1, 0.15) is 18.3 Å². The third-order valence-corrected chi connectivity index (χ3v) is 3.95. The van der Waals surface area contributed by atoms with E-state index in [9.17, 15) is 14.4 Å². The summed E-state index contributed by atoms with van der Waals surface area (Å²) in [4.78, 5) is 40.9. The number of amides is 3. The molecule has 0 aliphatic carbocycles. The fourth-order valence-corrected chi connectivity index (χ4v) is 2.73. The molecule has 0 atom stereocenters. The molecule has 3 amide bonds. The van der Waals surface area contributed by atoms with Crippen molar-refractivity contribution in [2.24, 2.45) is 0 Å². The molecule has 9 heteroatoms. The Morgan fingerprint density at radius 1 is 1.18 bits per heavy atom. The van der Waals surface area contributed by atoms with Gasteiger partial charge in [0, 0.05) is 5.54 Å². The molecule has 0 fully saturated rings. The fourth-order valence-electron chi connectivity index (χ4n) is 2.73. The number of carbonyl (C=O) groups excluding carboxylic acids is 2. The van der Waals surface area contributed by atoms with Gasteiger partial charge in [0.2, 0.25) is 5.91 Å². The van der Waals surface area contributed by atoms with Crippen LogP contribution in [0.3, 0.4) is 0 Å². The summed E-state index contributed by atoms with van der Waals surface area (Å²) in [6, 6.07) is 7.00. The minimum Gasteiger partial charge on any atom is -0.333 e. The van der Waals surface area contributed by atoms with Crippen LogP contribution >= 0.6 is 0 Å². The number of aryl methyl sites for hydroxylation is 1. The molecular formula is C19H22N6O3. The number of hydrogen-bond acceptors (Lipinski definition) is 5. The van der Waals surface area contributed by atoms with Crippen molar-refractivity contribution < 1.29 is 9.59 Å². The van der Waals surface area contributed by atoms with Gasteiger partial charge in [0.05, 0.1) is 11.9 Å². The second kappa shape index (κ2) is 7.26. The number of imide groups is 1. The zero-order chi connectivity index (χ0) is 20.5. The predicted octanol–water partition coefficient (Wildman–Crippen LogP) is 1.51. The van der Waals surface area contributed by atoms with Gasteiger partial charge < -0.3 is 5.32 Å². The van der Waals surface area contributed by atoms with Gasteiger partial charge in [-0.1, -0.05) is 18.2 Å². The summed E-state index contributed by atoms with van der Waals surface area (Å²) < 4.78 is 2.74. The van der Waals surface area contributed by atoms with Crippen molar-refractivity contribution >= 4 is 23.0 Å². The third-order valence-electron chi connectivity index (χ3n) is 3.95. The molecule has 28 heavy (non-hydrogen) atoms. The highest BCUT2D eigenvalue weighted by Gasteiger charge is 2.17. The molecule has 0 aliphatic heterocycles. The van der Waals surface area contributed by atoms with Crippen LogP contribution in [-0.2, 0) is 11.3 Å². The van der Waals surface area contributed by atoms with E-state index in [2.05, 4.69) is 20.7 Å². The maximum Gasteiger partial charge on any atom is 0.321 e. The number of urea groups is 1. The number of rotatable bonds is 3. The lowest BCUT2D eigenvalue weighted by molar-refractivity contribution is -0.120. The quantitative estimate of drug-likeness (QED) is 0.713. The van der Waals surface area contributed by atoms with Crippen LogP contribution in [-0.4, -0.2) is 36.8 Å². The highest BCUT2D eigenvalue weighted by molar-refractivity contribution is 5.94. The van der Waals surface area contributed by atoms with Crippen molar-refractivity contribution in [2.45, 2.75) is 39.8 Å². The summed E-state index contributed by atoms with van der Waals surface area (Å²) in [6.07, 6.45) is 2.71. The number of aromatic nitrogens is 4. The molecule has 2 aromatic heterocycles. The highest BCUT2D eigenvalue weighted by Crippen LogP contribution is 2.16. The number of fused-ring (bicyclic) bond motifs is 1. The molecule has 2 N–H and O–H groups in total. The van der Waals surface area contributed by atoms with E-state index in [0.29, 0.717) is 5.65 Å². The van der Waals surface area contributed by atoms with E-state index < -0.39 is 23.0 Å². The lowest BCUT2D eigenvalue weighted by Gasteiger charge is -2.20. The van der Waals surface area contributed by atoms with Crippen molar-refractivity contribution in [1.82, 2.24) is 30.0 Å². The lowest BCUT2D eigenvalue weighted by Crippen LogP contribution is -2.49. The van der Waals surface area contributed by atoms with E-state index in [1.54, 1.807) is 25.5 Å². The first-order valence-corrected chi connectivity index (χ1v) is 8.77. The smallest absolute Gasteiger partial charge is 0.321 e. The second-order valence-corrected chi connectivity index (χ2v) is 7.51. The first-order chi connectivity index (χ1) is 13.2. The molecule has 2 heterocycles. The summed E-state index contributed by atoms with van der Waals surface area (Å²) >= 11 is 0. The highest BCUT2D eigenvalue weighted by atomic mass is 16.2. The van der Waals surface area contributed by atoms with Crippen molar-refractivity contribution in [3.63, 3.8) is 0 Å². The van der Waals surface area contributed by atoms with Gasteiger partial charge in [0.15, 0.2) is 5.65 Å². The van der Waals surface area contributed by atoms with Crippen LogP contribution in [0, 0.1) is 6.92 Å². The number of nitrogens with zero attached hydrogens (tertiary/aromatic N) is 4. The normalized spacial score (nSPS) is 11.4. The molecule has 0 aliphatic rings. The summed E-state index contributed by atoms with van der Waals surface area (Å²) in [5.41, 5.74) is 1.32. The molecule has 0 saturated heterocycles. The molecule has 0 unspecified atom stereocenters. The van der Waals surface area contributed by atoms with Crippen molar-refractivity contribution in [3.8, 4) is 5.69 Å². The molecule has 0 spiro atoms. The average Bonchev–Trinajstić information content (AvgIpc) is 3.00. The Morgan fingerprint density at radius 2 is 1.89 bits per heavy atom. The summed E-state index contributed by atoms with van der Waals surface area (Å²) in [6.45, 7) is 7.01. The number of benzene rings is 1. The number of nitrogens with one attached hydrogen (secondary N) is 2. The molecule has 3 rings (SSSR count). The minimum absolute atomic E-state index is 0.290. The Kier molecular flexibility index (Phi) is 5.00. The predicted molar refractivity (Wildman–Crippen MR) is 104 cm³/mol. The van der Waals surface area contributed by atoms with Gasteiger partial charge in [-0.05, 0) is 39.3 Å². The summed E-state index contributed by atoms with van der Waals surface area (Å²) in [7, 11) is 0. The Balaban J connectivity index is 1.84. The van der Waals surface area contributed by atoms with Gasteiger partial charge in [-0.15, -0.1) is 0 Å². The first-order valence-electron chi connectivity index (χ1n) is 8.77. The van der Waals surface area contributed by atoms with Crippen LogP contribution in [0.25, 0.3) is 16.7 Å². The van der Waals surface area contributed by atoms with Crippen LogP contribution in [0.2, 0.25) is 0 Å². The van der Waals surface area contributed by atoms with Crippen LogP contribution in [0.1, 0.15) is 26.3 Å². The number of carbonyl (C=O) groups is 2. The maximum atomic E-state index is 12.7. The standard InChI is InChI=1S/C19H22N6O3/c1-12-7-5-6-8-14(12)25-16-13(9-21-25)17(27)24(11-20-16)10-15(26)22-18(28)23-19(2,3)4/h5-9,11H,10H2,1-4H3,(H2,22,23,26,28). The molecule has 3 aromatic rings. The number of para-hydroxylation sites is 1. The van der Waals surface area contributed by atoms with E-state index in [1.165, 1.54) is 12.5 Å². The maximum absolute atomic E-state index is 12.7. The van der Waals surface area contributed by atoms with Gasteiger partial charge in [-0.25, -0.2) is 14.5 Å². The van der Waals surface area contributed by atoms with Gasteiger partial charge in [-0.2, -0.15) is 5.10 Å². The zero-order valence-electron chi connectivity index (χ0n) is 16.2. The minimum atomic E-state index is -0.619. The Bertz CT molecular complexity index is 1110. The lowest BCUT2D eigenvalue weighted by atomic mass is 10.1. The molecule has 0 radical (unpaired) electrons. The van der Waals surface area contributed by atoms with E-state index in [-0.39, 0.29) is 11.9 Å². The molecule has 0 saturated carbocycles. The molecule has 0 bridgehead atoms. The fraction of sp³-hybridized carbons (Fsp3) is 0.316. The van der Waals surface area contributed by atoms with Crippen molar-refractivity contribution in [1.29, 1.82) is 0 Å². The summed E-state index contributed by atoms with van der Waals surface area (Å²) in [5.74, 6) is -0.615. The first kappa shape index (κ1) is 19.3. The number of hydrogen-bond donors (Lipinski definition) is 2. The van der Waals surface area contributed by atoms with Gasteiger partial charge >= 0.3 is 6.03 Å². The molecule has 1 aromatic carbocycles. The Morgan fingerprint density at radius 3 is 2.57 bits per heavy atom. The zero-order valence-corrected chi connectivity index (χ0v) is 16.2. The Hall–Kier alpha value is -3.49. The average molecular weight is 382 g/mol. The third kappa shape index (κ3) is 4.08. The van der Waals surface area contributed by atoms with Crippen LogP contribution in [0.15, 0.2) is 41.6 Å². The largest absolute Gasteiger partial charge is 0.333 e. The van der Waals surface area contributed by atoms with Crippen LogP contribution in [0.5, 0.6) is 0 Å². The van der Waals surface area contributed by atoms with Crippen molar-refractivity contribution in [3.05, 3.63) is 52.7 Å². The van der Waals surface area contributed by atoms with Crippen molar-refractivity contribution in [2.75, 3.05) is 0 Å². The molecular weight excluding hydrogens is 360 g/mol. The second-order valence-electron chi connectivity index (χ2n) is 7.51. The Labute approximate surface area is 161 Å². The van der Waals surface area contributed by atoms with Crippen LogP contribution in [0.4, 0.5) is 4.79 Å². The molecule has 9 nitrogen and oxygen atoms in total. The monoisotopic (exact) mass is 382 g/mol. The SMILES string of the molecule is Cc1ccccc1-n1ncc2c(=O)n(CC(=O)NC(=O)NC(C)(C)C)cnc21. The summed E-state index contributed by atoms with van der Waals surface area (Å²) in [5, 5.41) is 9.38. The molecule has 146 valence electrons. The van der Waals surface area contributed by atoms with Gasteiger partial charge in [0.25, 0.3) is 5.56 Å².